The van der Waals surface area contributed by atoms with Gasteiger partial charge in [-0.25, -0.2) is 4.68 Å². The standard InChI is InChI=1S/C14H12BClN2O3/c1-8-6-9(15(20)21)2-5-13(8)18-14(16)11-7-10(19)3-4-12(11)17-18/h2-7,19-21H,1H3. The molecule has 5 nitrogen and oxygen atoms in total. The summed E-state index contributed by atoms with van der Waals surface area (Å²) >= 11 is 6.33. The summed E-state index contributed by atoms with van der Waals surface area (Å²) in [5.41, 5.74) is 2.62. The van der Waals surface area contributed by atoms with Gasteiger partial charge in [-0.1, -0.05) is 23.7 Å². The number of aromatic nitrogens is 2. The summed E-state index contributed by atoms with van der Waals surface area (Å²) in [6.07, 6.45) is 0. The highest BCUT2D eigenvalue weighted by Crippen LogP contribution is 2.29. The van der Waals surface area contributed by atoms with Crippen LogP contribution in [0, 0.1) is 6.92 Å². The van der Waals surface area contributed by atoms with Crippen molar-refractivity contribution in [2.24, 2.45) is 0 Å². The molecule has 0 spiro atoms. The zero-order valence-corrected chi connectivity index (χ0v) is 11.9. The number of halogens is 1. The van der Waals surface area contributed by atoms with E-state index in [0.29, 0.717) is 21.5 Å². The summed E-state index contributed by atoms with van der Waals surface area (Å²) < 4.78 is 1.56. The normalized spacial score (nSPS) is 11.0. The van der Waals surface area contributed by atoms with Crippen LogP contribution in [0.3, 0.4) is 0 Å². The number of rotatable bonds is 2. The van der Waals surface area contributed by atoms with Crippen molar-refractivity contribution in [2.75, 3.05) is 0 Å². The molecule has 0 saturated heterocycles. The molecule has 0 aliphatic heterocycles. The van der Waals surface area contributed by atoms with E-state index in [1.807, 2.05) is 6.92 Å². The van der Waals surface area contributed by atoms with Crippen LogP contribution in [0.4, 0.5) is 0 Å². The monoisotopic (exact) mass is 302 g/mol. The van der Waals surface area contributed by atoms with Crippen LogP contribution in [0.25, 0.3) is 16.6 Å². The Morgan fingerprint density at radius 1 is 1.14 bits per heavy atom. The van der Waals surface area contributed by atoms with E-state index in [9.17, 15) is 15.2 Å². The minimum absolute atomic E-state index is 0.124. The van der Waals surface area contributed by atoms with Gasteiger partial charge >= 0.3 is 7.12 Å². The number of phenolic OH excluding ortho intramolecular Hbond substituents is 1. The summed E-state index contributed by atoms with van der Waals surface area (Å²) in [6, 6.07) is 9.79. The average Bonchev–Trinajstić information content (AvgIpc) is 2.76. The molecule has 1 heterocycles. The number of hydrogen-bond acceptors (Lipinski definition) is 4. The van der Waals surface area contributed by atoms with Gasteiger partial charge in [0.05, 0.1) is 11.2 Å². The zero-order valence-electron chi connectivity index (χ0n) is 11.2. The summed E-state index contributed by atoms with van der Waals surface area (Å²) in [5, 5.41) is 33.4. The average molecular weight is 303 g/mol. The van der Waals surface area contributed by atoms with Crippen LogP contribution in [0.5, 0.6) is 5.75 Å². The van der Waals surface area contributed by atoms with Gasteiger partial charge in [-0.3, -0.25) is 0 Å². The van der Waals surface area contributed by atoms with Crippen molar-refractivity contribution >= 4 is 35.1 Å². The Balaban J connectivity index is 2.18. The molecule has 0 bridgehead atoms. The number of benzene rings is 2. The fourth-order valence-electron chi connectivity index (χ4n) is 2.28. The first-order valence-corrected chi connectivity index (χ1v) is 6.69. The lowest BCUT2D eigenvalue weighted by molar-refractivity contribution is 0.425. The second kappa shape index (κ2) is 5.07. The van der Waals surface area contributed by atoms with Gasteiger partial charge in [0.25, 0.3) is 0 Å². The minimum Gasteiger partial charge on any atom is -0.508 e. The largest absolute Gasteiger partial charge is 0.508 e. The second-order valence-electron chi connectivity index (χ2n) is 4.82. The maximum absolute atomic E-state index is 9.54. The van der Waals surface area contributed by atoms with Gasteiger partial charge in [-0.05, 0) is 42.2 Å². The van der Waals surface area contributed by atoms with Crippen LogP contribution in [-0.2, 0) is 0 Å². The third-order valence-corrected chi connectivity index (χ3v) is 3.71. The van der Waals surface area contributed by atoms with Gasteiger partial charge in [0.1, 0.15) is 10.9 Å². The molecule has 3 N–H and O–H groups in total. The molecule has 106 valence electrons. The molecule has 0 fully saturated rings. The quantitative estimate of drug-likeness (QED) is 0.625. The molecule has 3 aromatic rings. The predicted molar refractivity (Wildman–Crippen MR) is 82.3 cm³/mol. The highest BCUT2D eigenvalue weighted by Gasteiger charge is 2.16. The third-order valence-electron chi connectivity index (χ3n) is 3.34. The van der Waals surface area contributed by atoms with Crippen LogP contribution in [0.1, 0.15) is 5.56 Å². The van der Waals surface area contributed by atoms with Crippen molar-refractivity contribution in [3.05, 3.63) is 47.1 Å². The van der Waals surface area contributed by atoms with E-state index in [4.69, 9.17) is 11.6 Å². The number of fused-ring (bicyclic) bond motifs is 1. The molecule has 0 amide bonds. The number of hydrogen-bond donors (Lipinski definition) is 3. The van der Waals surface area contributed by atoms with Gasteiger partial charge in [-0.2, -0.15) is 5.10 Å². The fraction of sp³-hybridized carbons (Fsp3) is 0.0714. The molecule has 0 saturated carbocycles. The van der Waals surface area contributed by atoms with Crippen molar-refractivity contribution in [3.63, 3.8) is 0 Å². The topological polar surface area (TPSA) is 78.5 Å². The van der Waals surface area contributed by atoms with E-state index < -0.39 is 7.12 Å². The molecule has 3 rings (SSSR count). The summed E-state index contributed by atoms with van der Waals surface area (Å²) in [4.78, 5) is 0. The number of phenols is 1. The minimum atomic E-state index is -1.51. The smallest absolute Gasteiger partial charge is 0.488 e. The van der Waals surface area contributed by atoms with E-state index in [1.54, 1.807) is 41.1 Å². The van der Waals surface area contributed by atoms with Crippen molar-refractivity contribution in [3.8, 4) is 11.4 Å². The molecule has 1 aromatic heterocycles. The van der Waals surface area contributed by atoms with Gasteiger partial charge in [-0.15, -0.1) is 0 Å². The maximum atomic E-state index is 9.54. The Hall–Kier alpha value is -2.02. The van der Waals surface area contributed by atoms with Crippen molar-refractivity contribution in [2.45, 2.75) is 6.92 Å². The van der Waals surface area contributed by atoms with Crippen LogP contribution in [0.2, 0.25) is 5.15 Å². The Morgan fingerprint density at radius 2 is 1.90 bits per heavy atom. The second-order valence-corrected chi connectivity index (χ2v) is 5.18. The first-order chi connectivity index (χ1) is 9.97. The fourth-order valence-corrected chi connectivity index (χ4v) is 2.56. The zero-order chi connectivity index (χ0) is 15.1. The van der Waals surface area contributed by atoms with Gasteiger partial charge in [0, 0.05) is 5.39 Å². The molecular formula is C14H12BClN2O3. The Kier molecular flexibility index (Phi) is 3.37. The Bertz CT molecular complexity index is 832. The third kappa shape index (κ3) is 2.38. The molecule has 21 heavy (non-hydrogen) atoms. The van der Waals surface area contributed by atoms with E-state index >= 15 is 0 Å². The van der Waals surface area contributed by atoms with Gasteiger partial charge in [0.15, 0.2) is 0 Å². The van der Waals surface area contributed by atoms with Crippen molar-refractivity contribution in [1.29, 1.82) is 0 Å². The van der Waals surface area contributed by atoms with Gasteiger partial charge < -0.3 is 15.2 Å². The van der Waals surface area contributed by atoms with E-state index in [0.717, 1.165) is 11.3 Å². The lowest BCUT2D eigenvalue weighted by atomic mass is 9.79. The van der Waals surface area contributed by atoms with Crippen LogP contribution in [0.15, 0.2) is 36.4 Å². The van der Waals surface area contributed by atoms with Gasteiger partial charge in [0.2, 0.25) is 0 Å². The maximum Gasteiger partial charge on any atom is 0.488 e. The molecular weight excluding hydrogens is 290 g/mol. The Morgan fingerprint density at radius 3 is 2.57 bits per heavy atom. The highest BCUT2D eigenvalue weighted by atomic mass is 35.5. The molecule has 0 aliphatic carbocycles. The molecule has 0 aliphatic rings. The molecule has 0 unspecified atom stereocenters. The first-order valence-electron chi connectivity index (χ1n) is 6.31. The van der Waals surface area contributed by atoms with Crippen LogP contribution in [-0.4, -0.2) is 32.1 Å². The van der Waals surface area contributed by atoms with E-state index in [2.05, 4.69) is 5.10 Å². The molecule has 2 aromatic carbocycles. The van der Waals surface area contributed by atoms with Crippen LogP contribution < -0.4 is 5.46 Å². The summed E-state index contributed by atoms with van der Waals surface area (Å²) in [6.45, 7) is 1.83. The lowest BCUT2D eigenvalue weighted by Crippen LogP contribution is -2.30. The summed E-state index contributed by atoms with van der Waals surface area (Å²) in [7, 11) is -1.51. The van der Waals surface area contributed by atoms with Crippen molar-refractivity contribution in [1.82, 2.24) is 9.78 Å². The molecule has 0 atom stereocenters. The predicted octanol–water partition coefficient (Wildman–Crippen LogP) is 1.37. The number of aryl methyl sites for hydroxylation is 1. The molecule has 0 radical (unpaired) electrons. The highest BCUT2D eigenvalue weighted by molar-refractivity contribution is 6.58. The van der Waals surface area contributed by atoms with E-state index in [1.165, 1.54) is 0 Å². The Labute approximate surface area is 126 Å². The number of aromatic hydroxyl groups is 1. The lowest BCUT2D eigenvalue weighted by Gasteiger charge is -2.09. The SMILES string of the molecule is Cc1cc(B(O)O)ccc1-n1nc2ccc(O)cc2c1Cl. The van der Waals surface area contributed by atoms with Crippen molar-refractivity contribution < 1.29 is 15.2 Å². The van der Waals surface area contributed by atoms with Crippen LogP contribution >= 0.6 is 11.6 Å². The summed E-state index contributed by atoms with van der Waals surface area (Å²) in [5.74, 6) is 0.124. The van der Waals surface area contributed by atoms with E-state index in [-0.39, 0.29) is 5.75 Å². The molecule has 7 heteroatoms. The first kappa shape index (κ1) is 13.9. The number of nitrogens with zero attached hydrogens (tertiary/aromatic N) is 2.